The van der Waals surface area contributed by atoms with Crippen molar-refractivity contribution < 1.29 is 4.92 Å². The van der Waals surface area contributed by atoms with Crippen LogP contribution in [-0.4, -0.2) is 24.6 Å². The van der Waals surface area contributed by atoms with Crippen LogP contribution in [0.5, 0.6) is 0 Å². The number of nitro groups is 1. The Labute approximate surface area is 121 Å². The molecule has 1 atom stereocenters. The highest BCUT2D eigenvalue weighted by atomic mass is 16.6. The van der Waals surface area contributed by atoms with Crippen LogP contribution in [0.3, 0.4) is 0 Å². The van der Waals surface area contributed by atoms with Crippen LogP contribution >= 0.6 is 0 Å². The summed E-state index contributed by atoms with van der Waals surface area (Å²) in [7, 11) is 1.92. The Bertz CT molecular complexity index is 460. The molecular formula is C15H25N3O2. The van der Waals surface area contributed by atoms with Gasteiger partial charge in [-0.3, -0.25) is 10.1 Å². The van der Waals surface area contributed by atoms with Crippen LogP contribution in [0.2, 0.25) is 0 Å². The molecule has 0 aromatic heterocycles. The predicted octanol–water partition coefficient (Wildman–Crippen LogP) is 3.90. The van der Waals surface area contributed by atoms with E-state index >= 15 is 0 Å². The molecule has 5 heteroatoms. The largest absolute Gasteiger partial charge is 0.380 e. The molecule has 20 heavy (non-hydrogen) atoms. The normalized spacial score (nSPS) is 12.3. The Morgan fingerprint density at radius 3 is 2.50 bits per heavy atom. The molecule has 0 aliphatic rings. The highest BCUT2D eigenvalue weighted by Gasteiger charge is 2.24. The molecule has 1 aromatic carbocycles. The molecule has 5 nitrogen and oxygen atoms in total. The van der Waals surface area contributed by atoms with E-state index < -0.39 is 0 Å². The van der Waals surface area contributed by atoms with Crippen LogP contribution in [0.25, 0.3) is 0 Å². The van der Waals surface area contributed by atoms with E-state index in [1.54, 1.807) is 6.07 Å². The summed E-state index contributed by atoms with van der Waals surface area (Å²) >= 11 is 0. The molecule has 1 unspecified atom stereocenters. The van der Waals surface area contributed by atoms with Crippen molar-refractivity contribution >= 4 is 17.1 Å². The van der Waals surface area contributed by atoms with Crippen molar-refractivity contribution in [2.45, 2.75) is 40.2 Å². The number of para-hydroxylation sites is 1. The van der Waals surface area contributed by atoms with Crippen LogP contribution in [0.4, 0.5) is 17.1 Å². The van der Waals surface area contributed by atoms with Gasteiger partial charge in [0.15, 0.2) is 0 Å². The molecule has 0 amide bonds. The predicted molar refractivity (Wildman–Crippen MR) is 84.6 cm³/mol. The average molecular weight is 279 g/mol. The lowest BCUT2D eigenvalue weighted by Gasteiger charge is -2.28. The summed E-state index contributed by atoms with van der Waals surface area (Å²) in [5.41, 5.74) is 1.41. The Kier molecular flexibility index (Phi) is 5.80. The van der Waals surface area contributed by atoms with E-state index in [2.05, 4.69) is 26.1 Å². The molecule has 1 aromatic rings. The first kappa shape index (κ1) is 16.3. The molecule has 0 saturated carbocycles. The smallest absolute Gasteiger partial charge is 0.315 e. The van der Waals surface area contributed by atoms with Crippen LogP contribution in [0.1, 0.15) is 34.1 Å². The lowest BCUT2D eigenvalue weighted by atomic mass is 10.0. The molecule has 0 heterocycles. The fourth-order valence-electron chi connectivity index (χ4n) is 2.42. The summed E-state index contributed by atoms with van der Waals surface area (Å²) in [6.07, 6.45) is 0.999. The number of nitrogens with one attached hydrogen (secondary N) is 1. The fourth-order valence-corrected chi connectivity index (χ4v) is 2.42. The molecule has 0 spiro atoms. The van der Waals surface area contributed by atoms with Gasteiger partial charge < -0.3 is 10.2 Å². The first-order valence-electron chi connectivity index (χ1n) is 7.12. The quantitative estimate of drug-likeness (QED) is 0.607. The van der Waals surface area contributed by atoms with Gasteiger partial charge in [0.25, 0.3) is 0 Å². The molecule has 0 radical (unpaired) electrons. The minimum atomic E-state index is -0.300. The third-order valence-corrected chi connectivity index (χ3v) is 3.42. The van der Waals surface area contributed by atoms with Crippen molar-refractivity contribution in [3.05, 3.63) is 28.3 Å². The van der Waals surface area contributed by atoms with Crippen molar-refractivity contribution in [1.82, 2.24) is 0 Å². The van der Waals surface area contributed by atoms with Crippen LogP contribution < -0.4 is 10.2 Å². The Morgan fingerprint density at radius 1 is 1.35 bits per heavy atom. The molecule has 1 rings (SSSR count). The van der Waals surface area contributed by atoms with Gasteiger partial charge in [0, 0.05) is 19.6 Å². The lowest BCUT2D eigenvalue weighted by Crippen LogP contribution is -2.30. The zero-order chi connectivity index (χ0) is 15.3. The van der Waals surface area contributed by atoms with Crippen molar-refractivity contribution in [1.29, 1.82) is 0 Å². The third-order valence-electron chi connectivity index (χ3n) is 3.42. The maximum absolute atomic E-state index is 11.4. The van der Waals surface area contributed by atoms with Gasteiger partial charge in [0.05, 0.1) is 4.92 Å². The molecule has 0 bridgehead atoms. The fraction of sp³-hybridized carbons (Fsp3) is 0.600. The summed E-state index contributed by atoms with van der Waals surface area (Å²) in [6, 6.07) is 5.69. The van der Waals surface area contributed by atoms with Crippen molar-refractivity contribution in [3.63, 3.8) is 0 Å². The molecule has 1 N–H and O–H groups in total. The van der Waals surface area contributed by atoms with Crippen molar-refractivity contribution in [2.75, 3.05) is 23.8 Å². The van der Waals surface area contributed by atoms with Crippen LogP contribution in [0.15, 0.2) is 18.2 Å². The molecule has 0 aliphatic heterocycles. The molecule has 0 aliphatic carbocycles. The van der Waals surface area contributed by atoms with Gasteiger partial charge >= 0.3 is 5.69 Å². The van der Waals surface area contributed by atoms with E-state index in [9.17, 15) is 10.1 Å². The average Bonchev–Trinajstić information content (AvgIpc) is 2.36. The molecule has 112 valence electrons. The maximum atomic E-state index is 11.4. The maximum Gasteiger partial charge on any atom is 0.315 e. The topological polar surface area (TPSA) is 58.4 Å². The molecular weight excluding hydrogens is 254 g/mol. The Morgan fingerprint density at radius 2 is 2.00 bits per heavy atom. The molecule has 0 fully saturated rings. The standard InChI is InChI=1S/C15H25N3O2/c1-6-16-13-8-7-9-14(15(13)18(19)20)17(5)12(4)10-11(2)3/h7-9,11-12,16H,6,10H2,1-5H3. The number of benzene rings is 1. The first-order chi connectivity index (χ1) is 9.38. The van der Waals surface area contributed by atoms with Gasteiger partial charge in [-0.1, -0.05) is 19.9 Å². The number of anilines is 2. The number of nitro benzene ring substituents is 1. The Balaban J connectivity index is 3.16. The second kappa shape index (κ2) is 7.12. The monoisotopic (exact) mass is 279 g/mol. The minimum absolute atomic E-state index is 0.160. The zero-order valence-electron chi connectivity index (χ0n) is 13.0. The number of rotatable bonds is 7. The van der Waals surface area contributed by atoms with Gasteiger partial charge in [-0.15, -0.1) is 0 Å². The van der Waals surface area contributed by atoms with Crippen molar-refractivity contribution in [3.8, 4) is 0 Å². The number of nitrogens with zero attached hydrogens (tertiary/aromatic N) is 2. The van der Waals surface area contributed by atoms with E-state index in [1.807, 2.05) is 31.0 Å². The first-order valence-corrected chi connectivity index (χ1v) is 7.12. The lowest BCUT2D eigenvalue weighted by molar-refractivity contribution is -0.383. The molecule has 0 saturated heterocycles. The van der Waals surface area contributed by atoms with Gasteiger partial charge in [0.1, 0.15) is 11.4 Å². The van der Waals surface area contributed by atoms with Gasteiger partial charge in [-0.05, 0) is 38.3 Å². The van der Waals surface area contributed by atoms with Crippen LogP contribution in [0, 0.1) is 16.0 Å². The van der Waals surface area contributed by atoms with Gasteiger partial charge in [0.2, 0.25) is 0 Å². The SMILES string of the molecule is CCNc1cccc(N(C)C(C)CC(C)C)c1[N+](=O)[O-]. The van der Waals surface area contributed by atoms with Crippen molar-refractivity contribution in [2.24, 2.45) is 5.92 Å². The zero-order valence-corrected chi connectivity index (χ0v) is 13.0. The third kappa shape index (κ3) is 3.85. The van der Waals surface area contributed by atoms with E-state index in [4.69, 9.17) is 0 Å². The van der Waals surface area contributed by atoms with Gasteiger partial charge in [-0.2, -0.15) is 0 Å². The van der Waals surface area contributed by atoms with Crippen LogP contribution in [-0.2, 0) is 0 Å². The minimum Gasteiger partial charge on any atom is -0.380 e. The summed E-state index contributed by atoms with van der Waals surface area (Å²) < 4.78 is 0. The highest BCUT2D eigenvalue weighted by Crippen LogP contribution is 2.36. The Hall–Kier alpha value is -1.78. The van der Waals surface area contributed by atoms with E-state index in [1.165, 1.54) is 0 Å². The summed E-state index contributed by atoms with van der Waals surface area (Å²) in [5, 5.41) is 14.5. The van der Waals surface area contributed by atoms with E-state index in [-0.39, 0.29) is 16.7 Å². The second-order valence-corrected chi connectivity index (χ2v) is 5.55. The highest BCUT2D eigenvalue weighted by molar-refractivity contribution is 5.77. The number of hydrogen-bond acceptors (Lipinski definition) is 4. The van der Waals surface area contributed by atoms with E-state index in [0.717, 1.165) is 6.42 Å². The van der Waals surface area contributed by atoms with Gasteiger partial charge in [-0.25, -0.2) is 0 Å². The van der Waals surface area contributed by atoms with E-state index in [0.29, 0.717) is 23.8 Å². The summed E-state index contributed by atoms with van der Waals surface area (Å²) in [6.45, 7) is 9.02. The summed E-state index contributed by atoms with van der Waals surface area (Å²) in [5.74, 6) is 0.559. The second-order valence-electron chi connectivity index (χ2n) is 5.55. The number of hydrogen-bond donors (Lipinski definition) is 1. The summed E-state index contributed by atoms with van der Waals surface area (Å²) in [4.78, 5) is 13.1.